The molecule has 1 aliphatic rings. The number of aryl methyl sites for hydroxylation is 1. The van der Waals surface area contributed by atoms with Gasteiger partial charge in [-0.25, -0.2) is 4.39 Å². The van der Waals surface area contributed by atoms with Crippen LogP contribution in [0, 0.1) is 5.82 Å². The van der Waals surface area contributed by atoms with Crippen LogP contribution in [0.5, 0.6) is 0 Å². The second-order valence-corrected chi connectivity index (χ2v) is 6.91. The predicted molar refractivity (Wildman–Crippen MR) is 107 cm³/mol. The summed E-state index contributed by atoms with van der Waals surface area (Å²) in [5.41, 5.74) is 1.98. The Labute approximate surface area is 161 Å². The minimum atomic E-state index is -0.197. The molecule has 4 nitrogen and oxygen atoms in total. The highest BCUT2D eigenvalue weighted by Gasteiger charge is 2.22. The first-order valence-electron chi connectivity index (χ1n) is 9.76. The average molecular weight is 369 g/mol. The third-order valence-electron chi connectivity index (χ3n) is 5.00. The Morgan fingerprint density at radius 3 is 2.37 bits per heavy atom. The maximum absolute atomic E-state index is 13.9. The van der Waals surface area contributed by atoms with E-state index in [1.54, 1.807) is 12.1 Å². The number of anilines is 1. The van der Waals surface area contributed by atoms with Gasteiger partial charge < -0.3 is 15.1 Å². The summed E-state index contributed by atoms with van der Waals surface area (Å²) < 4.78 is 13.9. The molecule has 1 N–H and O–H groups in total. The lowest BCUT2D eigenvalue weighted by Gasteiger charge is -2.36. The number of halogens is 1. The fraction of sp³-hybridized carbons (Fsp3) is 0.409. The third-order valence-corrected chi connectivity index (χ3v) is 5.00. The van der Waals surface area contributed by atoms with E-state index in [-0.39, 0.29) is 11.7 Å². The van der Waals surface area contributed by atoms with Crippen molar-refractivity contribution in [3.63, 3.8) is 0 Å². The van der Waals surface area contributed by atoms with E-state index in [0.717, 1.165) is 19.4 Å². The first-order chi connectivity index (χ1) is 13.2. The van der Waals surface area contributed by atoms with Crippen molar-refractivity contribution in [1.82, 2.24) is 10.2 Å². The molecule has 1 aliphatic heterocycles. The molecular weight excluding hydrogens is 341 g/mol. The smallest absolute Gasteiger partial charge is 0.223 e. The maximum Gasteiger partial charge on any atom is 0.223 e. The second-order valence-electron chi connectivity index (χ2n) is 6.91. The number of para-hydroxylation sites is 1. The van der Waals surface area contributed by atoms with Gasteiger partial charge in [-0.1, -0.05) is 42.5 Å². The van der Waals surface area contributed by atoms with Gasteiger partial charge in [-0.15, -0.1) is 0 Å². The molecule has 27 heavy (non-hydrogen) atoms. The summed E-state index contributed by atoms with van der Waals surface area (Å²) in [6.45, 7) is 4.29. The summed E-state index contributed by atoms with van der Waals surface area (Å²) in [6, 6.07) is 17.3. The summed E-state index contributed by atoms with van der Waals surface area (Å²) >= 11 is 0. The Balaban J connectivity index is 1.30. The number of amides is 1. The number of hydrogen-bond acceptors (Lipinski definition) is 3. The minimum absolute atomic E-state index is 0.179. The highest BCUT2D eigenvalue weighted by Crippen LogP contribution is 2.20. The van der Waals surface area contributed by atoms with Crippen LogP contribution in [-0.2, 0) is 11.2 Å². The molecule has 1 fully saturated rings. The topological polar surface area (TPSA) is 35.6 Å². The molecule has 0 spiro atoms. The van der Waals surface area contributed by atoms with Gasteiger partial charge in [-0.3, -0.25) is 4.79 Å². The van der Waals surface area contributed by atoms with Crippen molar-refractivity contribution >= 4 is 11.6 Å². The molecule has 1 saturated heterocycles. The van der Waals surface area contributed by atoms with Crippen molar-refractivity contribution in [1.29, 1.82) is 0 Å². The molecule has 0 aliphatic carbocycles. The van der Waals surface area contributed by atoms with Crippen molar-refractivity contribution in [3.05, 3.63) is 66.0 Å². The number of rotatable bonds is 8. The van der Waals surface area contributed by atoms with Gasteiger partial charge in [0.15, 0.2) is 0 Å². The van der Waals surface area contributed by atoms with Gasteiger partial charge in [0.2, 0.25) is 5.91 Å². The number of nitrogens with one attached hydrogen (secondary N) is 1. The molecule has 5 heteroatoms. The van der Waals surface area contributed by atoms with E-state index in [1.165, 1.54) is 11.6 Å². The minimum Gasteiger partial charge on any atom is -0.366 e. The van der Waals surface area contributed by atoms with Crippen molar-refractivity contribution in [2.45, 2.75) is 19.3 Å². The van der Waals surface area contributed by atoms with Gasteiger partial charge in [0.25, 0.3) is 0 Å². The maximum atomic E-state index is 13.9. The van der Waals surface area contributed by atoms with Crippen LogP contribution in [0.3, 0.4) is 0 Å². The van der Waals surface area contributed by atoms with Gasteiger partial charge >= 0.3 is 0 Å². The fourth-order valence-electron chi connectivity index (χ4n) is 3.45. The number of hydrogen-bond donors (Lipinski definition) is 1. The number of carbonyl (C=O) groups is 1. The molecule has 3 rings (SSSR count). The Kier molecular flexibility index (Phi) is 7.22. The van der Waals surface area contributed by atoms with Gasteiger partial charge in [0, 0.05) is 39.1 Å². The average Bonchev–Trinajstić information content (AvgIpc) is 2.72. The number of carbonyl (C=O) groups excluding carboxylic acids is 1. The SMILES string of the molecule is O=C(CCNCCCc1ccccc1)N1CCN(c2ccccc2F)CC1. The Morgan fingerprint density at radius 1 is 0.926 bits per heavy atom. The molecule has 0 aromatic heterocycles. The highest BCUT2D eigenvalue weighted by atomic mass is 19.1. The van der Waals surface area contributed by atoms with E-state index < -0.39 is 0 Å². The summed E-state index contributed by atoms with van der Waals surface area (Å²) in [5, 5.41) is 3.36. The molecule has 0 saturated carbocycles. The normalized spacial score (nSPS) is 14.4. The van der Waals surface area contributed by atoms with Crippen LogP contribution in [0.15, 0.2) is 54.6 Å². The Hall–Kier alpha value is -2.40. The van der Waals surface area contributed by atoms with Gasteiger partial charge in [0.05, 0.1) is 5.69 Å². The third kappa shape index (κ3) is 5.79. The Bertz CT molecular complexity index is 715. The first-order valence-corrected chi connectivity index (χ1v) is 9.76. The molecule has 2 aromatic carbocycles. The molecule has 144 valence electrons. The Morgan fingerprint density at radius 2 is 1.63 bits per heavy atom. The molecule has 0 bridgehead atoms. The molecular formula is C22H28FN3O. The van der Waals surface area contributed by atoms with Crippen molar-refractivity contribution in [2.75, 3.05) is 44.2 Å². The van der Waals surface area contributed by atoms with Crippen LogP contribution in [0.25, 0.3) is 0 Å². The van der Waals surface area contributed by atoms with E-state index in [9.17, 15) is 9.18 Å². The second kappa shape index (κ2) is 10.1. The molecule has 0 radical (unpaired) electrons. The van der Waals surface area contributed by atoms with Crippen LogP contribution in [-0.4, -0.2) is 50.1 Å². The zero-order chi connectivity index (χ0) is 18.9. The quantitative estimate of drug-likeness (QED) is 0.727. The van der Waals surface area contributed by atoms with E-state index in [4.69, 9.17) is 0 Å². The van der Waals surface area contributed by atoms with Crippen LogP contribution < -0.4 is 10.2 Å². The predicted octanol–water partition coefficient (Wildman–Crippen LogP) is 3.09. The highest BCUT2D eigenvalue weighted by molar-refractivity contribution is 5.76. The van der Waals surface area contributed by atoms with Crippen LogP contribution in [0.1, 0.15) is 18.4 Å². The number of benzene rings is 2. The van der Waals surface area contributed by atoms with Crippen LogP contribution in [0.2, 0.25) is 0 Å². The van der Waals surface area contributed by atoms with Crippen LogP contribution >= 0.6 is 0 Å². The number of nitrogens with zero attached hydrogens (tertiary/aromatic N) is 2. The van der Waals surface area contributed by atoms with Crippen molar-refractivity contribution in [2.24, 2.45) is 0 Å². The van der Waals surface area contributed by atoms with E-state index in [1.807, 2.05) is 21.9 Å². The van der Waals surface area contributed by atoms with E-state index in [0.29, 0.717) is 44.8 Å². The van der Waals surface area contributed by atoms with Gasteiger partial charge in [-0.2, -0.15) is 0 Å². The zero-order valence-electron chi connectivity index (χ0n) is 15.7. The van der Waals surface area contributed by atoms with Gasteiger partial charge in [-0.05, 0) is 37.1 Å². The molecule has 1 amide bonds. The van der Waals surface area contributed by atoms with Crippen molar-refractivity contribution < 1.29 is 9.18 Å². The lowest BCUT2D eigenvalue weighted by Crippen LogP contribution is -2.49. The molecule has 0 unspecified atom stereocenters. The van der Waals surface area contributed by atoms with E-state index >= 15 is 0 Å². The molecule has 1 heterocycles. The largest absolute Gasteiger partial charge is 0.366 e. The fourth-order valence-corrected chi connectivity index (χ4v) is 3.45. The molecule has 2 aromatic rings. The van der Waals surface area contributed by atoms with Crippen LogP contribution in [0.4, 0.5) is 10.1 Å². The molecule has 0 atom stereocenters. The van der Waals surface area contributed by atoms with E-state index in [2.05, 4.69) is 29.6 Å². The summed E-state index contributed by atoms with van der Waals surface area (Å²) in [6.07, 6.45) is 2.64. The lowest BCUT2D eigenvalue weighted by atomic mass is 10.1. The zero-order valence-corrected chi connectivity index (χ0v) is 15.7. The van der Waals surface area contributed by atoms with Crippen molar-refractivity contribution in [3.8, 4) is 0 Å². The standard InChI is InChI=1S/C22H28FN3O/c23-20-10-4-5-11-21(20)25-15-17-26(18-16-25)22(27)12-14-24-13-6-9-19-7-2-1-3-8-19/h1-5,7-8,10-11,24H,6,9,12-18H2. The van der Waals surface area contributed by atoms with Gasteiger partial charge in [0.1, 0.15) is 5.82 Å². The lowest BCUT2D eigenvalue weighted by molar-refractivity contribution is -0.131. The summed E-state index contributed by atoms with van der Waals surface area (Å²) in [4.78, 5) is 16.3. The summed E-state index contributed by atoms with van der Waals surface area (Å²) in [7, 11) is 0. The first kappa shape index (κ1) is 19.4. The monoisotopic (exact) mass is 369 g/mol. The summed E-state index contributed by atoms with van der Waals surface area (Å²) in [5.74, 6) is -0.0178. The number of piperazine rings is 1.